The highest BCUT2D eigenvalue weighted by atomic mass is 79.9. The number of imidazole rings is 1. The van der Waals surface area contributed by atoms with E-state index in [-0.39, 0.29) is 0 Å². The van der Waals surface area contributed by atoms with Crippen molar-refractivity contribution in [3.05, 3.63) is 12.4 Å². The van der Waals surface area contributed by atoms with Gasteiger partial charge in [-0.3, -0.25) is 0 Å². The molecular formula is C8H14BrN3. The summed E-state index contributed by atoms with van der Waals surface area (Å²) in [5.74, 6) is 1.00. The van der Waals surface area contributed by atoms with E-state index in [9.17, 15) is 0 Å². The largest absolute Gasteiger partial charge is 0.342 e. The second kappa shape index (κ2) is 3.94. The zero-order valence-electron chi connectivity index (χ0n) is 7.66. The molecule has 0 aliphatic carbocycles. The fraction of sp³-hybridized carbons (Fsp3) is 0.625. The summed E-state index contributed by atoms with van der Waals surface area (Å²) in [7, 11) is 4.05. The molecule has 0 aliphatic heterocycles. The van der Waals surface area contributed by atoms with Gasteiger partial charge in [0.15, 0.2) is 0 Å². The molecule has 0 bridgehead atoms. The molecule has 0 fully saturated rings. The molecule has 68 valence electrons. The van der Waals surface area contributed by atoms with Crippen LogP contribution in [-0.4, -0.2) is 28.0 Å². The maximum absolute atomic E-state index is 4.25. The monoisotopic (exact) mass is 231 g/mol. The Bertz CT molecular complexity index is 246. The van der Waals surface area contributed by atoms with E-state index < -0.39 is 0 Å². The summed E-state index contributed by atoms with van der Waals surface area (Å²) in [6, 6.07) is 0.464. The van der Waals surface area contributed by atoms with Crippen LogP contribution in [0.5, 0.6) is 0 Å². The molecule has 4 heteroatoms. The highest BCUT2D eigenvalue weighted by molar-refractivity contribution is 9.09. The van der Waals surface area contributed by atoms with Crippen molar-refractivity contribution >= 4 is 21.9 Å². The molecule has 0 N–H and O–H groups in total. The first kappa shape index (κ1) is 9.58. The normalized spacial score (nSPS) is 13.0. The summed E-state index contributed by atoms with van der Waals surface area (Å²) >= 11 is 3.45. The number of aromatic nitrogens is 2. The lowest BCUT2D eigenvalue weighted by atomic mass is 10.4. The van der Waals surface area contributed by atoms with Crippen LogP contribution in [0.3, 0.4) is 0 Å². The molecule has 0 aliphatic rings. The van der Waals surface area contributed by atoms with Crippen LogP contribution in [0.15, 0.2) is 12.4 Å². The molecule has 0 aromatic carbocycles. The van der Waals surface area contributed by atoms with E-state index in [1.807, 2.05) is 31.1 Å². The third-order valence-electron chi connectivity index (χ3n) is 2.00. The number of rotatable bonds is 3. The average molecular weight is 232 g/mol. The van der Waals surface area contributed by atoms with Crippen molar-refractivity contribution in [1.29, 1.82) is 0 Å². The minimum Gasteiger partial charge on any atom is -0.342 e. The molecule has 0 amide bonds. The van der Waals surface area contributed by atoms with Crippen LogP contribution >= 0.6 is 15.9 Å². The Morgan fingerprint density at radius 3 is 2.83 bits per heavy atom. The Balaban J connectivity index is 2.77. The van der Waals surface area contributed by atoms with E-state index in [1.165, 1.54) is 0 Å². The highest BCUT2D eigenvalue weighted by Gasteiger charge is 2.11. The van der Waals surface area contributed by atoms with Crippen LogP contribution in [0.25, 0.3) is 0 Å². The Hall–Kier alpha value is -0.510. The van der Waals surface area contributed by atoms with Crippen molar-refractivity contribution < 1.29 is 0 Å². The van der Waals surface area contributed by atoms with Gasteiger partial charge in [-0.25, -0.2) is 4.98 Å². The molecule has 1 atom stereocenters. The summed E-state index contributed by atoms with van der Waals surface area (Å²) in [6.45, 7) is 2.16. The summed E-state index contributed by atoms with van der Waals surface area (Å²) in [5.41, 5.74) is 0. The van der Waals surface area contributed by atoms with Gasteiger partial charge < -0.3 is 9.47 Å². The zero-order valence-corrected chi connectivity index (χ0v) is 9.24. The lowest BCUT2D eigenvalue weighted by Crippen LogP contribution is -2.32. The van der Waals surface area contributed by atoms with Gasteiger partial charge >= 0.3 is 0 Å². The SMILES string of the molecule is CC(CBr)N(C)c1nccn1C. The van der Waals surface area contributed by atoms with Crippen molar-refractivity contribution in [2.45, 2.75) is 13.0 Å². The predicted molar refractivity (Wildman–Crippen MR) is 54.9 cm³/mol. The van der Waals surface area contributed by atoms with Crippen LogP contribution in [-0.2, 0) is 7.05 Å². The molecule has 0 saturated carbocycles. The second-order valence-electron chi connectivity index (χ2n) is 2.95. The Morgan fingerprint density at radius 1 is 1.75 bits per heavy atom. The van der Waals surface area contributed by atoms with Gasteiger partial charge in [-0.05, 0) is 6.92 Å². The predicted octanol–water partition coefficient (Wildman–Crippen LogP) is 1.64. The average Bonchev–Trinajstić information content (AvgIpc) is 2.48. The molecule has 1 heterocycles. The number of anilines is 1. The topological polar surface area (TPSA) is 21.1 Å². The first-order valence-corrected chi connectivity index (χ1v) is 5.05. The molecular weight excluding hydrogens is 218 g/mol. The number of alkyl halides is 1. The summed E-state index contributed by atoms with van der Waals surface area (Å²) in [4.78, 5) is 6.40. The second-order valence-corrected chi connectivity index (χ2v) is 3.60. The van der Waals surface area contributed by atoms with Gasteiger partial charge in [0.1, 0.15) is 0 Å². The van der Waals surface area contributed by atoms with Crippen molar-refractivity contribution in [2.24, 2.45) is 7.05 Å². The molecule has 0 radical (unpaired) electrons. The molecule has 1 aromatic heterocycles. The summed E-state index contributed by atoms with van der Waals surface area (Å²) in [6.07, 6.45) is 3.76. The van der Waals surface area contributed by atoms with Crippen LogP contribution in [0, 0.1) is 0 Å². The number of halogens is 1. The standard InChI is InChI=1S/C8H14BrN3/c1-7(6-9)12(3)8-10-4-5-11(8)2/h4-5,7H,6H2,1-3H3. The van der Waals surface area contributed by atoms with E-state index in [0.717, 1.165) is 11.3 Å². The maximum atomic E-state index is 4.25. The number of nitrogens with zero attached hydrogens (tertiary/aromatic N) is 3. The van der Waals surface area contributed by atoms with Gasteiger partial charge in [0.05, 0.1) is 0 Å². The molecule has 1 rings (SSSR count). The van der Waals surface area contributed by atoms with E-state index in [4.69, 9.17) is 0 Å². The quantitative estimate of drug-likeness (QED) is 0.738. The van der Waals surface area contributed by atoms with E-state index in [1.54, 1.807) is 0 Å². The zero-order chi connectivity index (χ0) is 9.14. The van der Waals surface area contributed by atoms with E-state index >= 15 is 0 Å². The highest BCUT2D eigenvalue weighted by Crippen LogP contribution is 2.11. The fourth-order valence-electron chi connectivity index (χ4n) is 0.998. The van der Waals surface area contributed by atoms with Crippen LogP contribution in [0.2, 0.25) is 0 Å². The fourth-order valence-corrected chi connectivity index (χ4v) is 1.43. The summed E-state index contributed by atoms with van der Waals surface area (Å²) in [5, 5.41) is 0.955. The van der Waals surface area contributed by atoms with E-state index in [2.05, 4.69) is 32.7 Å². The Labute approximate surface area is 81.5 Å². The molecule has 12 heavy (non-hydrogen) atoms. The van der Waals surface area contributed by atoms with Crippen molar-refractivity contribution in [2.75, 3.05) is 17.3 Å². The van der Waals surface area contributed by atoms with Gasteiger partial charge in [0.2, 0.25) is 5.95 Å². The van der Waals surface area contributed by atoms with Crippen molar-refractivity contribution in [3.8, 4) is 0 Å². The van der Waals surface area contributed by atoms with Crippen molar-refractivity contribution in [1.82, 2.24) is 9.55 Å². The van der Waals surface area contributed by atoms with Crippen LogP contribution in [0.1, 0.15) is 6.92 Å². The van der Waals surface area contributed by atoms with Gasteiger partial charge in [-0.15, -0.1) is 0 Å². The Morgan fingerprint density at radius 2 is 2.42 bits per heavy atom. The molecule has 3 nitrogen and oxygen atoms in total. The molecule has 0 saturated heterocycles. The molecule has 1 aromatic rings. The smallest absolute Gasteiger partial charge is 0.205 e. The van der Waals surface area contributed by atoms with Gasteiger partial charge in [0.25, 0.3) is 0 Å². The lowest BCUT2D eigenvalue weighted by Gasteiger charge is -2.23. The van der Waals surface area contributed by atoms with E-state index in [0.29, 0.717) is 6.04 Å². The molecule has 1 unspecified atom stereocenters. The first-order chi connectivity index (χ1) is 5.66. The number of aryl methyl sites for hydroxylation is 1. The van der Waals surface area contributed by atoms with Gasteiger partial charge in [0, 0.05) is 37.9 Å². The van der Waals surface area contributed by atoms with Crippen molar-refractivity contribution in [3.63, 3.8) is 0 Å². The van der Waals surface area contributed by atoms with Gasteiger partial charge in [-0.2, -0.15) is 0 Å². The minimum atomic E-state index is 0.464. The Kier molecular flexibility index (Phi) is 3.14. The third-order valence-corrected chi connectivity index (χ3v) is 2.93. The maximum Gasteiger partial charge on any atom is 0.205 e. The number of hydrogen-bond acceptors (Lipinski definition) is 2. The first-order valence-electron chi connectivity index (χ1n) is 3.93. The lowest BCUT2D eigenvalue weighted by molar-refractivity contribution is 0.718. The van der Waals surface area contributed by atoms with Gasteiger partial charge in [-0.1, -0.05) is 15.9 Å². The molecule has 0 spiro atoms. The van der Waals surface area contributed by atoms with Crippen LogP contribution in [0.4, 0.5) is 5.95 Å². The minimum absolute atomic E-state index is 0.464. The summed E-state index contributed by atoms with van der Waals surface area (Å²) < 4.78 is 2.01. The third kappa shape index (κ3) is 1.80. The van der Waals surface area contributed by atoms with Crippen LogP contribution < -0.4 is 4.90 Å². The number of hydrogen-bond donors (Lipinski definition) is 0.